The summed E-state index contributed by atoms with van der Waals surface area (Å²) in [5.74, 6) is -1.56. The topological polar surface area (TPSA) is 97.1 Å². The van der Waals surface area contributed by atoms with E-state index >= 15 is 0 Å². The Kier molecular flexibility index (Phi) is 5.10. The number of rotatable bonds is 6. The molecule has 0 bridgehead atoms. The lowest BCUT2D eigenvalue weighted by molar-refractivity contribution is -0.140. The van der Waals surface area contributed by atoms with E-state index in [4.69, 9.17) is 0 Å². The number of aryl methyl sites for hydroxylation is 1. The van der Waals surface area contributed by atoms with Gasteiger partial charge in [0.25, 0.3) is 5.91 Å². The molecule has 1 aromatic heterocycles. The van der Waals surface area contributed by atoms with Crippen molar-refractivity contribution in [2.45, 2.75) is 33.2 Å². The van der Waals surface area contributed by atoms with Gasteiger partial charge in [-0.15, -0.1) is 0 Å². The zero-order valence-corrected chi connectivity index (χ0v) is 13.4. The van der Waals surface area contributed by atoms with E-state index in [1.54, 1.807) is 37.0 Å². The van der Waals surface area contributed by atoms with Crippen LogP contribution in [-0.4, -0.2) is 37.8 Å². The molecule has 0 aliphatic rings. The zero-order valence-electron chi connectivity index (χ0n) is 13.4. The first-order chi connectivity index (χ1) is 10.9. The van der Waals surface area contributed by atoms with E-state index in [-0.39, 0.29) is 11.8 Å². The number of carboxylic acids is 1. The van der Waals surface area contributed by atoms with Gasteiger partial charge in [-0.1, -0.05) is 20.3 Å². The van der Waals surface area contributed by atoms with E-state index < -0.39 is 12.0 Å². The van der Waals surface area contributed by atoms with Gasteiger partial charge in [-0.2, -0.15) is 5.10 Å². The Labute approximate surface area is 134 Å². The molecular weight excluding hydrogens is 296 g/mol. The lowest BCUT2D eigenvalue weighted by atomic mass is 9.98. The maximum absolute atomic E-state index is 12.4. The molecule has 122 valence electrons. The minimum atomic E-state index is -1.02. The molecule has 0 spiro atoms. The molecule has 2 aromatic rings. The number of carboxylic acid groups (broad SMARTS) is 1. The maximum atomic E-state index is 12.4. The third kappa shape index (κ3) is 3.74. The van der Waals surface area contributed by atoms with Crippen molar-refractivity contribution in [3.8, 4) is 5.69 Å². The Balaban J connectivity index is 2.21. The number of hydrogen-bond acceptors (Lipinski definition) is 4. The van der Waals surface area contributed by atoms with Crippen LogP contribution in [0, 0.1) is 12.8 Å². The molecule has 2 unspecified atom stereocenters. The number of carbonyl (C=O) groups is 2. The van der Waals surface area contributed by atoms with E-state index in [1.165, 1.54) is 6.33 Å². The van der Waals surface area contributed by atoms with Crippen LogP contribution in [0.25, 0.3) is 5.69 Å². The number of hydrogen-bond donors (Lipinski definition) is 2. The molecule has 1 aromatic carbocycles. The monoisotopic (exact) mass is 316 g/mol. The molecule has 2 N–H and O–H groups in total. The molecule has 0 radical (unpaired) electrons. The predicted octanol–water partition coefficient (Wildman–Crippen LogP) is 1.80. The smallest absolute Gasteiger partial charge is 0.326 e. The SMILES string of the molecule is CCC(C)C(NC(=O)c1ccc(-n2cncn2)cc1C)C(=O)O. The van der Waals surface area contributed by atoms with Crippen LogP contribution < -0.4 is 5.32 Å². The first kappa shape index (κ1) is 16.7. The molecule has 0 fully saturated rings. The quantitative estimate of drug-likeness (QED) is 0.847. The second-order valence-electron chi connectivity index (χ2n) is 5.51. The molecule has 23 heavy (non-hydrogen) atoms. The lowest BCUT2D eigenvalue weighted by Crippen LogP contribution is -2.45. The molecule has 2 rings (SSSR count). The Morgan fingerprint density at radius 2 is 2.13 bits per heavy atom. The van der Waals surface area contributed by atoms with Crippen LogP contribution in [0.3, 0.4) is 0 Å². The minimum Gasteiger partial charge on any atom is -0.480 e. The van der Waals surface area contributed by atoms with Crippen molar-refractivity contribution in [1.29, 1.82) is 0 Å². The van der Waals surface area contributed by atoms with Crippen molar-refractivity contribution >= 4 is 11.9 Å². The van der Waals surface area contributed by atoms with Gasteiger partial charge in [-0.3, -0.25) is 4.79 Å². The van der Waals surface area contributed by atoms with Gasteiger partial charge in [0, 0.05) is 5.56 Å². The molecule has 0 aliphatic carbocycles. The summed E-state index contributed by atoms with van der Waals surface area (Å²) in [5.41, 5.74) is 1.97. The summed E-state index contributed by atoms with van der Waals surface area (Å²) in [6, 6.07) is 4.32. The molecule has 1 amide bonds. The maximum Gasteiger partial charge on any atom is 0.326 e. The summed E-state index contributed by atoms with van der Waals surface area (Å²) in [6.07, 6.45) is 3.67. The summed E-state index contributed by atoms with van der Waals surface area (Å²) in [7, 11) is 0. The van der Waals surface area contributed by atoms with Crippen molar-refractivity contribution in [2.75, 3.05) is 0 Å². The fourth-order valence-corrected chi connectivity index (χ4v) is 2.29. The largest absolute Gasteiger partial charge is 0.480 e. The van der Waals surface area contributed by atoms with Gasteiger partial charge in [-0.05, 0) is 36.6 Å². The standard InChI is InChI=1S/C16H20N4O3/c1-4-10(2)14(16(22)23)19-15(21)13-6-5-12(7-11(13)3)20-9-17-8-18-20/h5-10,14H,4H2,1-3H3,(H,19,21)(H,22,23). The van der Waals surface area contributed by atoms with Crippen LogP contribution in [0.15, 0.2) is 30.9 Å². The van der Waals surface area contributed by atoms with Gasteiger partial charge in [0.1, 0.15) is 18.7 Å². The number of aliphatic carboxylic acids is 1. The molecule has 2 atom stereocenters. The van der Waals surface area contributed by atoms with E-state index in [9.17, 15) is 14.7 Å². The van der Waals surface area contributed by atoms with E-state index in [0.717, 1.165) is 11.3 Å². The number of nitrogens with zero attached hydrogens (tertiary/aromatic N) is 3. The van der Waals surface area contributed by atoms with Crippen LogP contribution in [0.5, 0.6) is 0 Å². The molecule has 7 heteroatoms. The Bertz CT molecular complexity index is 697. The summed E-state index contributed by atoms with van der Waals surface area (Å²) in [5, 5.41) is 15.9. The second kappa shape index (κ2) is 7.04. The van der Waals surface area contributed by atoms with Crippen molar-refractivity contribution < 1.29 is 14.7 Å². The van der Waals surface area contributed by atoms with Gasteiger partial charge >= 0.3 is 5.97 Å². The van der Waals surface area contributed by atoms with Gasteiger partial charge in [0.15, 0.2) is 0 Å². The second-order valence-corrected chi connectivity index (χ2v) is 5.51. The minimum absolute atomic E-state index is 0.147. The van der Waals surface area contributed by atoms with Crippen LogP contribution in [0.1, 0.15) is 36.2 Å². The van der Waals surface area contributed by atoms with Crippen molar-refractivity contribution in [3.63, 3.8) is 0 Å². The van der Waals surface area contributed by atoms with Crippen molar-refractivity contribution in [3.05, 3.63) is 42.0 Å². The molecule has 0 saturated heterocycles. The van der Waals surface area contributed by atoms with Crippen LogP contribution in [0.2, 0.25) is 0 Å². The highest BCUT2D eigenvalue weighted by Gasteiger charge is 2.26. The molecule has 0 aliphatic heterocycles. The van der Waals surface area contributed by atoms with Crippen LogP contribution in [-0.2, 0) is 4.79 Å². The number of nitrogens with one attached hydrogen (secondary N) is 1. The Morgan fingerprint density at radius 3 is 2.65 bits per heavy atom. The highest BCUT2D eigenvalue weighted by atomic mass is 16.4. The van der Waals surface area contributed by atoms with Gasteiger partial charge in [0.2, 0.25) is 0 Å². The van der Waals surface area contributed by atoms with Crippen LogP contribution in [0.4, 0.5) is 0 Å². The fourth-order valence-electron chi connectivity index (χ4n) is 2.29. The van der Waals surface area contributed by atoms with E-state index in [2.05, 4.69) is 15.4 Å². The number of benzene rings is 1. The van der Waals surface area contributed by atoms with E-state index in [0.29, 0.717) is 12.0 Å². The number of amides is 1. The molecular formula is C16H20N4O3. The van der Waals surface area contributed by atoms with Gasteiger partial charge in [0.05, 0.1) is 5.69 Å². The predicted molar refractivity (Wildman–Crippen MR) is 84.4 cm³/mol. The number of carbonyl (C=O) groups excluding carboxylic acids is 1. The highest BCUT2D eigenvalue weighted by Crippen LogP contribution is 2.15. The molecule has 7 nitrogen and oxygen atoms in total. The summed E-state index contributed by atoms with van der Waals surface area (Å²) in [6.45, 7) is 5.50. The Morgan fingerprint density at radius 1 is 1.39 bits per heavy atom. The highest BCUT2D eigenvalue weighted by molar-refractivity contribution is 5.98. The van der Waals surface area contributed by atoms with Crippen molar-refractivity contribution in [1.82, 2.24) is 20.1 Å². The zero-order chi connectivity index (χ0) is 17.0. The average Bonchev–Trinajstić information content (AvgIpc) is 3.05. The Hall–Kier alpha value is -2.70. The third-order valence-corrected chi connectivity index (χ3v) is 3.90. The molecule has 0 saturated carbocycles. The summed E-state index contributed by atoms with van der Waals surface area (Å²) < 4.78 is 1.59. The third-order valence-electron chi connectivity index (χ3n) is 3.90. The first-order valence-corrected chi connectivity index (χ1v) is 7.43. The lowest BCUT2D eigenvalue weighted by Gasteiger charge is -2.20. The summed E-state index contributed by atoms with van der Waals surface area (Å²) in [4.78, 5) is 27.6. The molecule has 1 heterocycles. The van der Waals surface area contributed by atoms with Gasteiger partial charge < -0.3 is 10.4 Å². The van der Waals surface area contributed by atoms with E-state index in [1.807, 2.05) is 13.0 Å². The van der Waals surface area contributed by atoms with Crippen LogP contribution >= 0.6 is 0 Å². The normalized spacial score (nSPS) is 13.3. The van der Waals surface area contributed by atoms with Crippen molar-refractivity contribution in [2.24, 2.45) is 5.92 Å². The average molecular weight is 316 g/mol. The van der Waals surface area contributed by atoms with Gasteiger partial charge in [-0.25, -0.2) is 14.5 Å². The first-order valence-electron chi connectivity index (χ1n) is 7.43. The fraction of sp³-hybridized carbons (Fsp3) is 0.375. The summed E-state index contributed by atoms with van der Waals surface area (Å²) >= 11 is 0. The number of aromatic nitrogens is 3.